The average Bonchev–Trinajstić information content (AvgIpc) is 2.38. The molecular weight excluding hydrogens is 250 g/mol. The number of alkyl halides is 1. The van der Waals surface area contributed by atoms with E-state index in [0.29, 0.717) is 6.42 Å². The van der Waals surface area contributed by atoms with Crippen LogP contribution >= 0.6 is 11.6 Å². The van der Waals surface area contributed by atoms with Crippen molar-refractivity contribution in [1.82, 2.24) is 5.32 Å². The predicted octanol–water partition coefficient (Wildman–Crippen LogP) is 1.97. The molecule has 2 N–H and O–H groups in total. The summed E-state index contributed by atoms with van der Waals surface area (Å²) in [5.41, 5.74) is 0.464. The van der Waals surface area contributed by atoms with Gasteiger partial charge in [0.2, 0.25) is 5.91 Å². The Hall–Kier alpha value is -1.06. The fourth-order valence-corrected chi connectivity index (χ4v) is 1.62. The third kappa shape index (κ3) is 4.31. The smallest absolute Gasteiger partial charge is 0.227 e. The molecule has 0 saturated carbocycles. The second kappa shape index (κ2) is 6.76. The molecular formula is C14H20ClNO2. The van der Waals surface area contributed by atoms with Crippen LogP contribution in [0.3, 0.4) is 0 Å². The zero-order chi connectivity index (χ0) is 13.6. The molecule has 0 aromatic heterocycles. The third-order valence-electron chi connectivity index (χ3n) is 2.83. The third-order valence-corrected chi connectivity index (χ3v) is 3.50. The Balaban J connectivity index is 2.60. The first-order valence-corrected chi connectivity index (χ1v) is 6.55. The first-order valence-electron chi connectivity index (χ1n) is 6.01. The second-order valence-electron chi connectivity index (χ2n) is 5.06. The monoisotopic (exact) mass is 269 g/mol. The number of nitrogens with one attached hydrogen (secondary N) is 1. The van der Waals surface area contributed by atoms with Crippen LogP contribution in [0.25, 0.3) is 0 Å². The number of aliphatic hydroxyl groups excluding tert-OH is 1. The predicted molar refractivity (Wildman–Crippen MR) is 73.7 cm³/mol. The number of aliphatic hydroxyl groups is 1. The second-order valence-corrected chi connectivity index (χ2v) is 5.33. The van der Waals surface area contributed by atoms with E-state index in [1.807, 2.05) is 30.3 Å². The van der Waals surface area contributed by atoms with Crippen LogP contribution in [-0.2, 0) is 11.2 Å². The largest absolute Gasteiger partial charge is 0.394 e. The Morgan fingerprint density at radius 2 is 2.00 bits per heavy atom. The van der Waals surface area contributed by atoms with Gasteiger partial charge in [0.1, 0.15) is 0 Å². The maximum atomic E-state index is 11.9. The summed E-state index contributed by atoms with van der Waals surface area (Å²) in [5.74, 6) is 0.120. The lowest BCUT2D eigenvalue weighted by molar-refractivity contribution is -0.129. The maximum absolute atomic E-state index is 11.9. The van der Waals surface area contributed by atoms with Crippen LogP contribution in [0.1, 0.15) is 19.4 Å². The van der Waals surface area contributed by atoms with E-state index in [1.165, 1.54) is 0 Å². The molecule has 0 aliphatic rings. The number of hydrogen-bond acceptors (Lipinski definition) is 2. The van der Waals surface area contributed by atoms with Crippen molar-refractivity contribution in [2.24, 2.45) is 5.41 Å². The van der Waals surface area contributed by atoms with Crippen LogP contribution in [0.2, 0.25) is 0 Å². The van der Waals surface area contributed by atoms with E-state index in [9.17, 15) is 9.90 Å². The molecule has 0 aliphatic heterocycles. The van der Waals surface area contributed by atoms with Gasteiger partial charge in [0.25, 0.3) is 0 Å². The van der Waals surface area contributed by atoms with Gasteiger partial charge in [-0.15, -0.1) is 11.6 Å². The summed E-state index contributed by atoms with van der Waals surface area (Å²) in [4.78, 5) is 11.9. The summed E-state index contributed by atoms with van der Waals surface area (Å²) in [6.07, 6.45) is 0.613. The van der Waals surface area contributed by atoms with E-state index < -0.39 is 5.41 Å². The van der Waals surface area contributed by atoms with Crippen LogP contribution in [-0.4, -0.2) is 29.5 Å². The first kappa shape index (κ1) is 15.0. The minimum atomic E-state index is -0.619. The molecule has 0 bridgehead atoms. The van der Waals surface area contributed by atoms with Crippen molar-refractivity contribution < 1.29 is 9.90 Å². The summed E-state index contributed by atoms with van der Waals surface area (Å²) >= 11 is 5.75. The quantitative estimate of drug-likeness (QED) is 0.776. The standard InChI is InChI=1S/C14H20ClNO2/c1-14(2,10-15)13(18)16-12(9-17)8-11-6-4-3-5-7-11/h3-7,12,17H,8-10H2,1-2H3,(H,16,18). The van der Waals surface area contributed by atoms with Crippen molar-refractivity contribution in [3.8, 4) is 0 Å². The molecule has 3 nitrogen and oxygen atoms in total. The summed E-state index contributed by atoms with van der Waals surface area (Å²) in [6.45, 7) is 3.48. The minimum Gasteiger partial charge on any atom is -0.394 e. The highest BCUT2D eigenvalue weighted by molar-refractivity contribution is 6.19. The number of carbonyl (C=O) groups is 1. The molecule has 4 heteroatoms. The van der Waals surface area contributed by atoms with Gasteiger partial charge >= 0.3 is 0 Å². The number of hydrogen-bond donors (Lipinski definition) is 2. The molecule has 1 unspecified atom stereocenters. The molecule has 0 fully saturated rings. The highest BCUT2D eigenvalue weighted by atomic mass is 35.5. The van der Waals surface area contributed by atoms with Crippen LogP contribution < -0.4 is 5.32 Å². The van der Waals surface area contributed by atoms with Crippen LogP contribution in [0.5, 0.6) is 0 Å². The molecule has 0 radical (unpaired) electrons. The van der Waals surface area contributed by atoms with E-state index in [-0.39, 0.29) is 24.4 Å². The Kier molecular flexibility index (Phi) is 5.63. The number of halogens is 1. The van der Waals surface area contributed by atoms with Crippen molar-refractivity contribution in [2.45, 2.75) is 26.3 Å². The molecule has 18 heavy (non-hydrogen) atoms. The van der Waals surface area contributed by atoms with Crippen molar-refractivity contribution >= 4 is 17.5 Å². The Bertz CT molecular complexity index is 379. The topological polar surface area (TPSA) is 49.3 Å². The number of carbonyl (C=O) groups excluding carboxylic acids is 1. The van der Waals surface area contributed by atoms with Gasteiger partial charge < -0.3 is 10.4 Å². The van der Waals surface area contributed by atoms with Crippen molar-refractivity contribution in [3.05, 3.63) is 35.9 Å². The Morgan fingerprint density at radius 1 is 1.39 bits per heavy atom. The molecule has 1 aromatic carbocycles. The summed E-state index contributed by atoms with van der Waals surface area (Å²) in [6, 6.07) is 9.49. The lowest BCUT2D eigenvalue weighted by Crippen LogP contribution is -2.46. The zero-order valence-electron chi connectivity index (χ0n) is 10.8. The number of rotatable bonds is 6. The van der Waals surface area contributed by atoms with Gasteiger partial charge in [-0.2, -0.15) is 0 Å². The summed E-state index contributed by atoms with van der Waals surface area (Å²) < 4.78 is 0. The molecule has 1 aromatic rings. The molecule has 1 amide bonds. The van der Waals surface area contributed by atoms with E-state index in [0.717, 1.165) is 5.56 Å². The fourth-order valence-electron chi connectivity index (χ4n) is 1.50. The van der Waals surface area contributed by atoms with E-state index >= 15 is 0 Å². The maximum Gasteiger partial charge on any atom is 0.227 e. The van der Waals surface area contributed by atoms with Gasteiger partial charge in [0.15, 0.2) is 0 Å². The minimum absolute atomic E-state index is 0.0843. The fraction of sp³-hybridized carbons (Fsp3) is 0.500. The molecule has 0 spiro atoms. The molecule has 0 saturated heterocycles. The van der Waals surface area contributed by atoms with Crippen LogP contribution in [0.15, 0.2) is 30.3 Å². The van der Waals surface area contributed by atoms with Gasteiger partial charge in [0, 0.05) is 5.88 Å². The summed E-state index contributed by atoms with van der Waals surface area (Å²) in [7, 11) is 0. The van der Waals surface area contributed by atoms with Crippen molar-refractivity contribution in [3.63, 3.8) is 0 Å². The normalized spacial score (nSPS) is 13.1. The van der Waals surface area contributed by atoms with Gasteiger partial charge in [-0.3, -0.25) is 4.79 Å². The summed E-state index contributed by atoms with van der Waals surface area (Å²) in [5, 5.41) is 12.2. The van der Waals surface area contributed by atoms with Gasteiger partial charge in [-0.1, -0.05) is 30.3 Å². The average molecular weight is 270 g/mol. The van der Waals surface area contributed by atoms with Crippen molar-refractivity contribution in [2.75, 3.05) is 12.5 Å². The Labute approximate surface area is 113 Å². The van der Waals surface area contributed by atoms with Crippen LogP contribution in [0.4, 0.5) is 0 Å². The van der Waals surface area contributed by atoms with Gasteiger partial charge in [-0.25, -0.2) is 0 Å². The van der Waals surface area contributed by atoms with E-state index in [2.05, 4.69) is 5.32 Å². The molecule has 1 rings (SSSR count). The first-order chi connectivity index (χ1) is 8.49. The number of amides is 1. The van der Waals surface area contributed by atoms with E-state index in [4.69, 9.17) is 11.6 Å². The number of benzene rings is 1. The molecule has 0 aliphatic carbocycles. The lowest BCUT2D eigenvalue weighted by atomic mass is 9.94. The van der Waals surface area contributed by atoms with Gasteiger partial charge in [-0.05, 0) is 25.8 Å². The van der Waals surface area contributed by atoms with Crippen LogP contribution in [0, 0.1) is 5.41 Å². The highest BCUT2D eigenvalue weighted by Gasteiger charge is 2.28. The molecule has 100 valence electrons. The highest BCUT2D eigenvalue weighted by Crippen LogP contribution is 2.17. The van der Waals surface area contributed by atoms with Crippen molar-refractivity contribution in [1.29, 1.82) is 0 Å². The van der Waals surface area contributed by atoms with E-state index in [1.54, 1.807) is 13.8 Å². The SMILES string of the molecule is CC(C)(CCl)C(=O)NC(CO)Cc1ccccc1. The lowest BCUT2D eigenvalue weighted by Gasteiger charge is -2.24. The Morgan fingerprint density at radius 3 is 2.50 bits per heavy atom. The molecule has 0 heterocycles. The molecule has 1 atom stereocenters. The van der Waals surface area contributed by atoms with Gasteiger partial charge in [0.05, 0.1) is 18.1 Å². The zero-order valence-corrected chi connectivity index (χ0v) is 11.6.